The fourth-order valence-electron chi connectivity index (χ4n) is 4.48. The van der Waals surface area contributed by atoms with Crippen LogP contribution in [0, 0.1) is 18.3 Å². The second kappa shape index (κ2) is 7.38. The Balaban J connectivity index is 1.77. The monoisotopic (exact) mass is 406 g/mol. The number of hydrogen-bond donors (Lipinski definition) is 1. The molecule has 4 nitrogen and oxygen atoms in total. The van der Waals surface area contributed by atoms with Crippen LogP contribution in [0.3, 0.4) is 0 Å². The Kier molecular flexibility index (Phi) is 5.03. The average Bonchev–Trinajstić information content (AvgIpc) is 3.15. The fraction of sp³-hybridized carbons (Fsp3) is 0.375. The van der Waals surface area contributed by atoms with E-state index >= 15 is 0 Å². The SMILES string of the molecule is CC1=NC2=C(C(=O)CC(C)(C)C2)[C@H](c2cccs2)C1C(=O)Nc1ccccc1C. The smallest absolute Gasteiger partial charge is 0.234 e. The number of Topliss-reactive ketones (excluding diaryl/α,β-unsaturated/α-hetero) is 1. The highest BCUT2D eigenvalue weighted by molar-refractivity contribution is 7.10. The molecule has 0 saturated heterocycles. The zero-order valence-electron chi connectivity index (χ0n) is 17.3. The van der Waals surface area contributed by atoms with Crippen LogP contribution >= 0.6 is 11.3 Å². The lowest BCUT2D eigenvalue weighted by Crippen LogP contribution is -2.40. The molecule has 150 valence electrons. The summed E-state index contributed by atoms with van der Waals surface area (Å²) in [6, 6.07) is 11.7. The van der Waals surface area contributed by atoms with Gasteiger partial charge in [0.25, 0.3) is 0 Å². The molecule has 1 unspecified atom stereocenters. The minimum atomic E-state index is -0.489. The van der Waals surface area contributed by atoms with Crippen molar-refractivity contribution in [3.05, 3.63) is 63.5 Å². The van der Waals surface area contributed by atoms with Crippen LogP contribution in [-0.2, 0) is 9.59 Å². The molecule has 1 N–H and O–H groups in total. The number of amides is 1. The topological polar surface area (TPSA) is 58.5 Å². The number of anilines is 1. The molecule has 0 saturated carbocycles. The van der Waals surface area contributed by atoms with Crippen molar-refractivity contribution in [1.29, 1.82) is 0 Å². The van der Waals surface area contributed by atoms with Crippen molar-refractivity contribution >= 4 is 34.4 Å². The molecule has 29 heavy (non-hydrogen) atoms. The van der Waals surface area contributed by atoms with E-state index in [0.717, 1.165) is 39.5 Å². The van der Waals surface area contributed by atoms with Crippen molar-refractivity contribution < 1.29 is 9.59 Å². The number of allylic oxidation sites excluding steroid dienone is 2. The molecule has 2 atom stereocenters. The van der Waals surface area contributed by atoms with Gasteiger partial charge in [-0.3, -0.25) is 14.6 Å². The number of aliphatic imine (C=N–C) groups is 1. The van der Waals surface area contributed by atoms with E-state index in [2.05, 4.69) is 19.2 Å². The van der Waals surface area contributed by atoms with Crippen LogP contribution in [0.5, 0.6) is 0 Å². The number of ketones is 1. The fourth-order valence-corrected chi connectivity index (χ4v) is 5.36. The number of aryl methyl sites for hydroxylation is 1. The third kappa shape index (κ3) is 3.71. The van der Waals surface area contributed by atoms with Gasteiger partial charge in [0, 0.05) is 39.9 Å². The Morgan fingerprint density at radius 2 is 1.90 bits per heavy atom. The van der Waals surface area contributed by atoms with Crippen LogP contribution in [0.4, 0.5) is 5.69 Å². The molecule has 1 aromatic carbocycles. The number of rotatable bonds is 3. The number of nitrogens with one attached hydrogen (secondary N) is 1. The van der Waals surface area contributed by atoms with Gasteiger partial charge in [0.15, 0.2) is 5.78 Å². The molecule has 0 bridgehead atoms. The summed E-state index contributed by atoms with van der Waals surface area (Å²) >= 11 is 1.60. The molecule has 2 heterocycles. The maximum Gasteiger partial charge on any atom is 0.234 e. The Labute approximate surface area is 175 Å². The van der Waals surface area contributed by atoms with Gasteiger partial charge >= 0.3 is 0 Å². The molecule has 2 aliphatic rings. The number of thiophene rings is 1. The lowest BCUT2D eigenvalue weighted by molar-refractivity contribution is -0.119. The third-order valence-corrected chi connectivity index (χ3v) is 6.79. The van der Waals surface area contributed by atoms with Gasteiger partial charge < -0.3 is 5.32 Å². The molecule has 4 rings (SSSR count). The summed E-state index contributed by atoms with van der Waals surface area (Å²) in [6.45, 7) is 8.10. The normalized spacial score (nSPS) is 23.4. The van der Waals surface area contributed by atoms with Crippen molar-refractivity contribution in [1.82, 2.24) is 0 Å². The quantitative estimate of drug-likeness (QED) is 0.730. The largest absolute Gasteiger partial charge is 0.325 e. The number of carbonyl (C=O) groups excluding carboxylic acids is 2. The van der Waals surface area contributed by atoms with E-state index in [4.69, 9.17) is 4.99 Å². The summed E-state index contributed by atoms with van der Waals surface area (Å²) in [5.74, 6) is -0.741. The molecule has 5 heteroatoms. The van der Waals surface area contributed by atoms with E-state index < -0.39 is 5.92 Å². The van der Waals surface area contributed by atoms with Gasteiger partial charge in [0.1, 0.15) is 0 Å². The van der Waals surface area contributed by atoms with Gasteiger partial charge in [-0.25, -0.2) is 0 Å². The molecular weight excluding hydrogens is 380 g/mol. The van der Waals surface area contributed by atoms with Gasteiger partial charge in [-0.15, -0.1) is 11.3 Å². The second-order valence-corrected chi connectivity index (χ2v) is 9.81. The molecule has 1 amide bonds. The molecule has 1 aliphatic heterocycles. The first-order valence-corrected chi connectivity index (χ1v) is 10.9. The summed E-state index contributed by atoms with van der Waals surface area (Å²) < 4.78 is 0. The van der Waals surface area contributed by atoms with Crippen molar-refractivity contribution in [2.45, 2.75) is 46.5 Å². The minimum Gasteiger partial charge on any atom is -0.325 e. The van der Waals surface area contributed by atoms with Gasteiger partial charge in [-0.2, -0.15) is 0 Å². The Hall–Kier alpha value is -2.53. The number of benzene rings is 1. The van der Waals surface area contributed by atoms with Crippen LogP contribution in [0.15, 0.2) is 58.0 Å². The summed E-state index contributed by atoms with van der Waals surface area (Å²) in [5.41, 5.74) is 4.08. The second-order valence-electron chi connectivity index (χ2n) is 8.83. The van der Waals surface area contributed by atoms with Crippen LogP contribution in [0.2, 0.25) is 0 Å². The summed E-state index contributed by atoms with van der Waals surface area (Å²) in [4.78, 5) is 32.4. The highest BCUT2D eigenvalue weighted by Gasteiger charge is 2.45. The molecule has 1 aromatic heterocycles. The van der Waals surface area contributed by atoms with Gasteiger partial charge in [0.2, 0.25) is 5.91 Å². The van der Waals surface area contributed by atoms with Crippen LogP contribution < -0.4 is 5.32 Å². The third-order valence-electron chi connectivity index (χ3n) is 5.84. The number of para-hydroxylation sites is 1. The highest BCUT2D eigenvalue weighted by atomic mass is 32.1. The summed E-state index contributed by atoms with van der Waals surface area (Å²) in [6.07, 6.45) is 1.26. The summed E-state index contributed by atoms with van der Waals surface area (Å²) in [7, 11) is 0. The van der Waals surface area contributed by atoms with Gasteiger partial charge in [-0.1, -0.05) is 38.1 Å². The Morgan fingerprint density at radius 1 is 1.14 bits per heavy atom. The van der Waals surface area contributed by atoms with E-state index in [0.29, 0.717) is 6.42 Å². The predicted molar refractivity (Wildman–Crippen MR) is 119 cm³/mol. The van der Waals surface area contributed by atoms with Gasteiger partial charge in [0.05, 0.1) is 5.92 Å². The molecule has 0 spiro atoms. The van der Waals surface area contributed by atoms with Crippen LogP contribution in [0.25, 0.3) is 0 Å². The van der Waals surface area contributed by atoms with E-state index in [1.165, 1.54) is 0 Å². The number of hydrogen-bond acceptors (Lipinski definition) is 4. The van der Waals surface area contributed by atoms with E-state index in [9.17, 15) is 9.59 Å². The number of nitrogens with zero attached hydrogens (tertiary/aromatic N) is 1. The zero-order chi connectivity index (χ0) is 20.8. The molecular formula is C24H26N2O2S. The maximum atomic E-state index is 13.4. The van der Waals surface area contributed by atoms with Crippen molar-refractivity contribution in [2.75, 3.05) is 5.32 Å². The molecule has 2 aromatic rings. The van der Waals surface area contributed by atoms with Crippen molar-refractivity contribution in [3.8, 4) is 0 Å². The minimum absolute atomic E-state index is 0.101. The highest BCUT2D eigenvalue weighted by Crippen LogP contribution is 2.48. The predicted octanol–water partition coefficient (Wildman–Crippen LogP) is 5.51. The molecule has 0 fully saturated rings. The van der Waals surface area contributed by atoms with Crippen LogP contribution in [-0.4, -0.2) is 17.4 Å². The van der Waals surface area contributed by atoms with E-state index in [1.54, 1.807) is 11.3 Å². The van der Waals surface area contributed by atoms with Crippen molar-refractivity contribution in [3.63, 3.8) is 0 Å². The first kappa shape index (κ1) is 19.8. The summed E-state index contributed by atoms with van der Waals surface area (Å²) in [5, 5.41) is 5.08. The lowest BCUT2D eigenvalue weighted by Gasteiger charge is -2.38. The zero-order valence-corrected chi connectivity index (χ0v) is 18.1. The number of carbonyl (C=O) groups is 2. The first-order chi connectivity index (χ1) is 13.8. The molecule has 0 radical (unpaired) electrons. The maximum absolute atomic E-state index is 13.4. The van der Waals surface area contributed by atoms with E-state index in [-0.39, 0.29) is 23.0 Å². The molecule has 1 aliphatic carbocycles. The van der Waals surface area contributed by atoms with E-state index in [1.807, 2.05) is 55.6 Å². The average molecular weight is 407 g/mol. The van der Waals surface area contributed by atoms with Crippen LogP contribution in [0.1, 0.15) is 50.0 Å². The Morgan fingerprint density at radius 3 is 2.59 bits per heavy atom. The Bertz CT molecular complexity index is 1030. The standard InChI is InChI=1S/C24H26N2O2S/c1-14-8-5-6-9-16(14)26-23(28)20-15(2)25-17-12-24(3,4)13-18(27)21(17)22(20)19-10-7-11-29-19/h5-11,20,22H,12-13H2,1-4H3,(H,26,28)/t20?,22-/m1/s1. The van der Waals surface area contributed by atoms with Gasteiger partial charge in [-0.05, 0) is 48.8 Å². The lowest BCUT2D eigenvalue weighted by atomic mass is 9.68. The van der Waals surface area contributed by atoms with Crippen molar-refractivity contribution in [2.24, 2.45) is 16.3 Å². The first-order valence-electron chi connectivity index (χ1n) is 9.98.